The molecule has 0 atom stereocenters. The molecule has 0 unspecified atom stereocenters. The molecule has 0 aliphatic heterocycles. The second-order valence-corrected chi connectivity index (χ2v) is 5.26. The van der Waals surface area contributed by atoms with Crippen molar-refractivity contribution in [3.63, 3.8) is 0 Å². The fourth-order valence-corrected chi connectivity index (χ4v) is 2.49. The zero-order valence-corrected chi connectivity index (χ0v) is 13.2. The molecule has 112 valence electrons. The van der Waals surface area contributed by atoms with Crippen LogP contribution < -0.4 is 4.74 Å². The van der Waals surface area contributed by atoms with Crippen LogP contribution in [-0.2, 0) is 5.88 Å². The van der Waals surface area contributed by atoms with Gasteiger partial charge in [0.15, 0.2) is 0 Å². The Hall–Kier alpha value is -2.33. The van der Waals surface area contributed by atoms with Crippen molar-refractivity contribution in [3.8, 4) is 22.7 Å². The van der Waals surface area contributed by atoms with Gasteiger partial charge >= 0.3 is 0 Å². The van der Waals surface area contributed by atoms with Crippen molar-refractivity contribution < 1.29 is 4.74 Å². The van der Waals surface area contributed by atoms with Crippen LogP contribution in [0.2, 0.25) is 0 Å². The van der Waals surface area contributed by atoms with E-state index < -0.39 is 0 Å². The molecule has 0 spiro atoms. The molecule has 0 bridgehead atoms. The fraction of sp³-hybridized carbons (Fsp3) is 0.176. The Labute approximate surface area is 134 Å². The SMILES string of the molecule is COc1ccc(-c2c(CCl)nnn2-c2ccc(C)cc2)cc1. The van der Waals surface area contributed by atoms with Gasteiger partial charge in [-0.2, -0.15) is 0 Å². The molecule has 0 radical (unpaired) electrons. The maximum Gasteiger partial charge on any atom is 0.118 e. The average Bonchev–Trinajstić information content (AvgIpc) is 2.99. The van der Waals surface area contributed by atoms with Crippen LogP contribution in [0.1, 0.15) is 11.3 Å². The molecule has 0 aliphatic rings. The van der Waals surface area contributed by atoms with E-state index in [1.54, 1.807) is 7.11 Å². The number of aryl methyl sites for hydroxylation is 1. The number of methoxy groups -OCH3 is 1. The molecule has 0 saturated heterocycles. The molecule has 0 amide bonds. The van der Waals surface area contributed by atoms with Crippen LogP contribution in [0.25, 0.3) is 16.9 Å². The predicted molar refractivity (Wildman–Crippen MR) is 87.6 cm³/mol. The first-order chi connectivity index (χ1) is 10.7. The third-order valence-corrected chi connectivity index (χ3v) is 3.76. The lowest BCUT2D eigenvalue weighted by Crippen LogP contribution is -2.00. The van der Waals surface area contributed by atoms with Gasteiger partial charge < -0.3 is 4.74 Å². The fourth-order valence-electron chi connectivity index (χ4n) is 2.31. The Balaban J connectivity index is 2.12. The van der Waals surface area contributed by atoms with Crippen molar-refractivity contribution in [2.24, 2.45) is 0 Å². The topological polar surface area (TPSA) is 39.9 Å². The first kappa shape index (κ1) is 14.6. The molecule has 22 heavy (non-hydrogen) atoms. The number of halogens is 1. The highest BCUT2D eigenvalue weighted by Crippen LogP contribution is 2.28. The Morgan fingerprint density at radius 2 is 1.73 bits per heavy atom. The number of aromatic nitrogens is 3. The van der Waals surface area contributed by atoms with E-state index in [4.69, 9.17) is 16.3 Å². The smallest absolute Gasteiger partial charge is 0.118 e. The van der Waals surface area contributed by atoms with Crippen molar-refractivity contribution in [1.29, 1.82) is 0 Å². The van der Waals surface area contributed by atoms with Gasteiger partial charge in [0, 0.05) is 5.56 Å². The van der Waals surface area contributed by atoms with Crippen LogP contribution in [0.5, 0.6) is 5.75 Å². The minimum absolute atomic E-state index is 0.313. The molecule has 2 aromatic carbocycles. The van der Waals surface area contributed by atoms with E-state index in [2.05, 4.69) is 29.4 Å². The van der Waals surface area contributed by atoms with Crippen LogP contribution in [0, 0.1) is 6.92 Å². The normalized spacial score (nSPS) is 10.7. The van der Waals surface area contributed by atoms with Crippen molar-refractivity contribution in [1.82, 2.24) is 15.0 Å². The third kappa shape index (κ3) is 2.70. The lowest BCUT2D eigenvalue weighted by Gasteiger charge is -2.09. The van der Waals surface area contributed by atoms with E-state index >= 15 is 0 Å². The van der Waals surface area contributed by atoms with Crippen LogP contribution in [-0.4, -0.2) is 22.1 Å². The van der Waals surface area contributed by atoms with Gasteiger partial charge in [-0.15, -0.1) is 16.7 Å². The number of benzene rings is 2. The summed E-state index contributed by atoms with van der Waals surface area (Å²) in [6, 6.07) is 15.9. The zero-order valence-electron chi connectivity index (χ0n) is 12.5. The minimum Gasteiger partial charge on any atom is -0.497 e. The number of hydrogen-bond acceptors (Lipinski definition) is 3. The van der Waals surface area contributed by atoms with Gasteiger partial charge in [-0.3, -0.25) is 0 Å². The summed E-state index contributed by atoms with van der Waals surface area (Å²) in [4.78, 5) is 0. The van der Waals surface area contributed by atoms with Gasteiger partial charge in [0.1, 0.15) is 11.4 Å². The predicted octanol–water partition coefficient (Wildman–Crippen LogP) is 3.99. The quantitative estimate of drug-likeness (QED) is 0.684. The molecule has 3 aromatic rings. The molecule has 3 rings (SSSR count). The molecule has 1 heterocycles. The first-order valence-electron chi connectivity index (χ1n) is 6.95. The molecule has 1 aromatic heterocycles. The third-order valence-electron chi connectivity index (χ3n) is 3.51. The molecule has 0 fully saturated rings. The number of alkyl halides is 1. The summed E-state index contributed by atoms with van der Waals surface area (Å²) in [7, 11) is 1.65. The molecule has 0 aliphatic carbocycles. The van der Waals surface area contributed by atoms with E-state index in [1.165, 1.54) is 5.56 Å². The van der Waals surface area contributed by atoms with Gasteiger partial charge in [-0.1, -0.05) is 22.9 Å². The second-order valence-electron chi connectivity index (χ2n) is 4.99. The lowest BCUT2D eigenvalue weighted by atomic mass is 10.1. The summed E-state index contributed by atoms with van der Waals surface area (Å²) in [5.74, 6) is 1.12. The summed E-state index contributed by atoms with van der Waals surface area (Å²) < 4.78 is 7.03. The minimum atomic E-state index is 0.313. The summed E-state index contributed by atoms with van der Waals surface area (Å²) in [6.07, 6.45) is 0. The number of ether oxygens (including phenoxy) is 1. The standard InChI is InChI=1S/C17H16ClN3O/c1-12-3-7-14(8-4-12)21-17(16(11-18)19-20-21)13-5-9-15(22-2)10-6-13/h3-10H,11H2,1-2H3. The van der Waals surface area contributed by atoms with Gasteiger partial charge in [-0.05, 0) is 43.3 Å². The Morgan fingerprint density at radius 1 is 1.05 bits per heavy atom. The van der Waals surface area contributed by atoms with Gasteiger partial charge in [0.05, 0.1) is 24.4 Å². The molecule has 0 saturated carbocycles. The van der Waals surface area contributed by atoms with E-state index in [0.29, 0.717) is 5.88 Å². The largest absolute Gasteiger partial charge is 0.497 e. The highest BCUT2D eigenvalue weighted by Gasteiger charge is 2.15. The Kier molecular flexibility index (Phi) is 4.11. The van der Waals surface area contributed by atoms with Gasteiger partial charge in [0.25, 0.3) is 0 Å². The summed E-state index contributed by atoms with van der Waals surface area (Å²) >= 11 is 6.03. The summed E-state index contributed by atoms with van der Waals surface area (Å²) in [6.45, 7) is 2.06. The second kappa shape index (κ2) is 6.20. The maximum absolute atomic E-state index is 6.03. The van der Waals surface area contributed by atoms with Crippen LogP contribution in [0.4, 0.5) is 0 Å². The van der Waals surface area contributed by atoms with E-state index in [9.17, 15) is 0 Å². The van der Waals surface area contributed by atoms with E-state index in [1.807, 2.05) is 41.1 Å². The van der Waals surface area contributed by atoms with Crippen molar-refractivity contribution in [2.75, 3.05) is 7.11 Å². The number of hydrogen-bond donors (Lipinski definition) is 0. The number of nitrogens with zero attached hydrogens (tertiary/aromatic N) is 3. The molecule has 4 nitrogen and oxygen atoms in total. The van der Waals surface area contributed by atoms with Crippen LogP contribution in [0.15, 0.2) is 48.5 Å². The van der Waals surface area contributed by atoms with Crippen LogP contribution in [0.3, 0.4) is 0 Å². The van der Waals surface area contributed by atoms with Crippen molar-refractivity contribution in [2.45, 2.75) is 12.8 Å². The first-order valence-corrected chi connectivity index (χ1v) is 7.48. The van der Waals surface area contributed by atoms with E-state index in [0.717, 1.165) is 28.4 Å². The average molecular weight is 314 g/mol. The molecular weight excluding hydrogens is 298 g/mol. The summed E-state index contributed by atoms with van der Waals surface area (Å²) in [5, 5.41) is 8.46. The Morgan fingerprint density at radius 3 is 2.32 bits per heavy atom. The monoisotopic (exact) mass is 313 g/mol. The highest BCUT2D eigenvalue weighted by molar-refractivity contribution is 6.17. The molecule has 5 heteroatoms. The Bertz CT molecular complexity index is 764. The highest BCUT2D eigenvalue weighted by atomic mass is 35.5. The van der Waals surface area contributed by atoms with Crippen molar-refractivity contribution in [3.05, 3.63) is 59.8 Å². The zero-order chi connectivity index (χ0) is 15.5. The van der Waals surface area contributed by atoms with Gasteiger partial charge in [0.2, 0.25) is 0 Å². The summed E-state index contributed by atoms with van der Waals surface area (Å²) in [5.41, 5.74) is 4.82. The van der Waals surface area contributed by atoms with E-state index in [-0.39, 0.29) is 0 Å². The molecule has 0 N–H and O–H groups in total. The lowest BCUT2D eigenvalue weighted by molar-refractivity contribution is 0.415. The van der Waals surface area contributed by atoms with Gasteiger partial charge in [-0.25, -0.2) is 4.68 Å². The number of rotatable bonds is 4. The maximum atomic E-state index is 6.03. The van der Waals surface area contributed by atoms with Crippen molar-refractivity contribution >= 4 is 11.6 Å². The molecular formula is C17H16ClN3O. The van der Waals surface area contributed by atoms with Crippen LogP contribution >= 0.6 is 11.6 Å².